The Morgan fingerprint density at radius 2 is 2.00 bits per heavy atom. The van der Waals surface area contributed by atoms with Gasteiger partial charge in [-0.3, -0.25) is 4.79 Å². The monoisotopic (exact) mass is 381 g/mol. The van der Waals surface area contributed by atoms with Crippen molar-refractivity contribution in [3.8, 4) is 0 Å². The van der Waals surface area contributed by atoms with Crippen LogP contribution in [0.5, 0.6) is 0 Å². The number of nitrogens with one attached hydrogen (secondary N) is 1. The maximum Gasteiger partial charge on any atom is 0.226 e. The molecule has 2 heterocycles. The molecular formula is C22H31N5O. The third-order valence-corrected chi connectivity index (χ3v) is 5.13. The molecule has 0 bridgehead atoms. The summed E-state index contributed by atoms with van der Waals surface area (Å²) in [6.45, 7) is 5.13. The van der Waals surface area contributed by atoms with E-state index in [1.807, 2.05) is 17.0 Å². The Balaban J connectivity index is 1.65. The molecule has 1 N–H and O–H groups in total. The quantitative estimate of drug-likeness (QED) is 0.618. The van der Waals surface area contributed by atoms with Crippen LogP contribution < -0.4 is 10.2 Å². The number of hydrogen-bond acceptors (Lipinski definition) is 2. The molecule has 6 heteroatoms. The highest BCUT2D eigenvalue weighted by Crippen LogP contribution is 2.21. The van der Waals surface area contributed by atoms with Crippen LogP contribution in [0.4, 0.5) is 5.69 Å². The zero-order chi connectivity index (χ0) is 19.9. The lowest BCUT2D eigenvalue weighted by atomic mass is 10.1. The minimum absolute atomic E-state index is 0.230. The summed E-state index contributed by atoms with van der Waals surface area (Å²) in [5.74, 6) is 1.12. The molecule has 1 fully saturated rings. The van der Waals surface area contributed by atoms with E-state index in [0.29, 0.717) is 13.0 Å². The molecule has 2 aromatic rings. The predicted octanol–water partition coefficient (Wildman–Crippen LogP) is 3.14. The Bertz CT molecular complexity index is 809. The van der Waals surface area contributed by atoms with Crippen molar-refractivity contribution in [2.24, 2.45) is 12.0 Å². The van der Waals surface area contributed by atoms with Crippen molar-refractivity contribution < 1.29 is 4.79 Å². The van der Waals surface area contributed by atoms with Gasteiger partial charge in [0.05, 0.1) is 13.1 Å². The number of nitrogens with zero attached hydrogens (tertiary/aromatic N) is 4. The van der Waals surface area contributed by atoms with Crippen LogP contribution in [0.2, 0.25) is 0 Å². The van der Waals surface area contributed by atoms with Crippen molar-refractivity contribution in [1.29, 1.82) is 0 Å². The van der Waals surface area contributed by atoms with Gasteiger partial charge in [-0.05, 0) is 49.6 Å². The summed E-state index contributed by atoms with van der Waals surface area (Å²) in [6, 6.07) is 12.4. The number of carbonyl (C=O) groups excluding carboxylic acids is 1. The first-order valence-electron chi connectivity index (χ1n) is 10.1. The molecule has 0 saturated carbocycles. The largest absolute Gasteiger partial charge is 0.357 e. The molecule has 0 unspecified atom stereocenters. The molecule has 0 atom stereocenters. The standard InChI is InChI=1S/C22H31N5O/c1-4-23-22(26(3)17-20-8-7-14-25(20)2)24-16-18-10-12-19(13-11-18)27-15-6-5-9-21(27)28/h7-8,10-14H,4-6,9,15-17H2,1-3H3,(H,23,24). The first-order chi connectivity index (χ1) is 13.6. The summed E-state index contributed by atoms with van der Waals surface area (Å²) in [5, 5.41) is 3.37. The Kier molecular flexibility index (Phi) is 6.74. The zero-order valence-corrected chi connectivity index (χ0v) is 17.2. The van der Waals surface area contributed by atoms with E-state index in [9.17, 15) is 4.79 Å². The average molecular weight is 382 g/mol. The summed E-state index contributed by atoms with van der Waals surface area (Å²) < 4.78 is 2.13. The van der Waals surface area contributed by atoms with E-state index in [2.05, 4.69) is 66.3 Å². The van der Waals surface area contributed by atoms with Crippen molar-refractivity contribution in [1.82, 2.24) is 14.8 Å². The second-order valence-corrected chi connectivity index (χ2v) is 7.31. The SMILES string of the molecule is CCNC(=NCc1ccc(N2CCCCC2=O)cc1)N(C)Cc1cccn1C. The van der Waals surface area contributed by atoms with E-state index >= 15 is 0 Å². The number of anilines is 1. The van der Waals surface area contributed by atoms with Crippen LogP contribution in [0.25, 0.3) is 0 Å². The van der Waals surface area contributed by atoms with Crippen LogP contribution in [0, 0.1) is 0 Å². The first kappa shape index (κ1) is 20.0. The van der Waals surface area contributed by atoms with Gasteiger partial charge in [0.15, 0.2) is 5.96 Å². The molecule has 0 radical (unpaired) electrons. The van der Waals surface area contributed by atoms with E-state index in [4.69, 9.17) is 4.99 Å². The molecule has 0 aliphatic carbocycles. The molecule has 150 valence electrons. The highest BCUT2D eigenvalue weighted by molar-refractivity contribution is 5.93. The van der Waals surface area contributed by atoms with Crippen LogP contribution in [-0.4, -0.2) is 41.5 Å². The lowest BCUT2D eigenvalue weighted by Gasteiger charge is -2.26. The normalized spacial score (nSPS) is 15.0. The fourth-order valence-corrected chi connectivity index (χ4v) is 3.47. The van der Waals surface area contributed by atoms with E-state index < -0.39 is 0 Å². The number of hydrogen-bond donors (Lipinski definition) is 1. The summed E-state index contributed by atoms with van der Waals surface area (Å²) in [7, 11) is 4.11. The minimum Gasteiger partial charge on any atom is -0.357 e. The molecule has 6 nitrogen and oxygen atoms in total. The molecular weight excluding hydrogens is 350 g/mol. The van der Waals surface area contributed by atoms with Gasteiger partial charge in [-0.1, -0.05) is 12.1 Å². The number of benzene rings is 1. The van der Waals surface area contributed by atoms with Gasteiger partial charge < -0.3 is 19.7 Å². The Labute approximate surface area is 167 Å². The van der Waals surface area contributed by atoms with Crippen LogP contribution >= 0.6 is 0 Å². The van der Waals surface area contributed by atoms with Gasteiger partial charge in [0.1, 0.15) is 0 Å². The van der Waals surface area contributed by atoms with Crippen LogP contribution in [0.15, 0.2) is 47.6 Å². The maximum absolute atomic E-state index is 12.1. The second kappa shape index (κ2) is 9.44. The summed E-state index contributed by atoms with van der Waals surface area (Å²) in [6.07, 6.45) is 4.80. The van der Waals surface area contributed by atoms with Gasteiger partial charge in [-0.25, -0.2) is 4.99 Å². The molecule has 28 heavy (non-hydrogen) atoms. The zero-order valence-electron chi connectivity index (χ0n) is 17.2. The van der Waals surface area contributed by atoms with E-state index in [1.165, 1.54) is 5.69 Å². The lowest BCUT2D eigenvalue weighted by molar-refractivity contribution is -0.119. The van der Waals surface area contributed by atoms with Crippen molar-refractivity contribution in [3.63, 3.8) is 0 Å². The van der Waals surface area contributed by atoms with Crippen molar-refractivity contribution >= 4 is 17.6 Å². The number of carbonyl (C=O) groups is 1. The first-order valence-corrected chi connectivity index (χ1v) is 10.1. The molecule has 1 aromatic carbocycles. The highest BCUT2D eigenvalue weighted by Gasteiger charge is 2.19. The van der Waals surface area contributed by atoms with E-state index in [-0.39, 0.29) is 5.91 Å². The minimum atomic E-state index is 0.230. The number of amides is 1. The van der Waals surface area contributed by atoms with Crippen LogP contribution in [0.3, 0.4) is 0 Å². The van der Waals surface area contributed by atoms with Crippen LogP contribution in [0.1, 0.15) is 37.4 Å². The van der Waals surface area contributed by atoms with Gasteiger partial charge in [0.2, 0.25) is 5.91 Å². The fourth-order valence-electron chi connectivity index (χ4n) is 3.47. The topological polar surface area (TPSA) is 52.9 Å². The summed E-state index contributed by atoms with van der Waals surface area (Å²) in [4.78, 5) is 20.9. The smallest absolute Gasteiger partial charge is 0.226 e. The lowest BCUT2D eigenvalue weighted by Crippen LogP contribution is -2.38. The molecule has 1 aliphatic heterocycles. The fraction of sp³-hybridized carbons (Fsp3) is 0.455. The Morgan fingerprint density at radius 1 is 1.21 bits per heavy atom. The third kappa shape index (κ3) is 4.94. The van der Waals surface area contributed by atoms with Crippen molar-refractivity contribution in [2.75, 3.05) is 25.0 Å². The number of guanidine groups is 1. The van der Waals surface area contributed by atoms with Gasteiger partial charge in [-0.2, -0.15) is 0 Å². The van der Waals surface area contributed by atoms with E-state index in [1.54, 1.807) is 0 Å². The van der Waals surface area contributed by atoms with Gasteiger partial charge in [0, 0.05) is 51.2 Å². The predicted molar refractivity (Wildman–Crippen MR) is 114 cm³/mol. The van der Waals surface area contributed by atoms with Crippen molar-refractivity contribution in [3.05, 3.63) is 53.9 Å². The highest BCUT2D eigenvalue weighted by atomic mass is 16.2. The number of aliphatic imine (C=N–C) groups is 1. The van der Waals surface area contributed by atoms with Gasteiger partial charge >= 0.3 is 0 Å². The second-order valence-electron chi connectivity index (χ2n) is 7.31. The molecule has 1 amide bonds. The van der Waals surface area contributed by atoms with Crippen molar-refractivity contribution in [2.45, 2.75) is 39.3 Å². The summed E-state index contributed by atoms with van der Waals surface area (Å²) >= 11 is 0. The van der Waals surface area contributed by atoms with Gasteiger partial charge in [0.25, 0.3) is 0 Å². The number of rotatable bonds is 6. The Morgan fingerprint density at radius 3 is 2.64 bits per heavy atom. The number of aryl methyl sites for hydroxylation is 1. The molecule has 1 saturated heterocycles. The molecule has 1 aromatic heterocycles. The average Bonchev–Trinajstić information content (AvgIpc) is 3.10. The number of aromatic nitrogens is 1. The van der Waals surface area contributed by atoms with E-state index in [0.717, 1.165) is 49.7 Å². The Hall–Kier alpha value is -2.76. The third-order valence-electron chi connectivity index (χ3n) is 5.13. The van der Waals surface area contributed by atoms with Gasteiger partial charge in [-0.15, -0.1) is 0 Å². The maximum atomic E-state index is 12.1. The molecule has 0 spiro atoms. The number of piperidine rings is 1. The molecule has 1 aliphatic rings. The molecule has 3 rings (SSSR count). The summed E-state index contributed by atoms with van der Waals surface area (Å²) in [5.41, 5.74) is 3.37. The van der Waals surface area contributed by atoms with Crippen LogP contribution in [-0.2, 0) is 24.9 Å².